The number of hydrogen-bond acceptors (Lipinski definition) is 4. The smallest absolute Gasteiger partial charge is 0.121 e. The summed E-state index contributed by atoms with van der Waals surface area (Å²) in [5, 5.41) is 18.2. The van der Waals surface area contributed by atoms with Crippen molar-refractivity contribution < 1.29 is 9.84 Å². The van der Waals surface area contributed by atoms with Crippen LogP contribution in [0.1, 0.15) is 12.0 Å². The van der Waals surface area contributed by atoms with Gasteiger partial charge < -0.3 is 14.7 Å². The molecular formula is C13H16N2O2. The lowest BCUT2D eigenvalue weighted by Crippen LogP contribution is -2.21. The van der Waals surface area contributed by atoms with E-state index in [1.807, 2.05) is 6.07 Å². The maximum Gasteiger partial charge on any atom is 0.121 e. The molecule has 90 valence electrons. The van der Waals surface area contributed by atoms with Gasteiger partial charge in [-0.2, -0.15) is 5.26 Å². The van der Waals surface area contributed by atoms with Gasteiger partial charge in [-0.05, 0) is 18.6 Å². The number of rotatable bonds is 3. The van der Waals surface area contributed by atoms with Crippen LogP contribution in [0.25, 0.3) is 0 Å². The normalized spacial score (nSPS) is 19.1. The lowest BCUT2D eigenvalue weighted by molar-refractivity contribution is 0.238. The Morgan fingerprint density at radius 2 is 2.41 bits per heavy atom. The topological polar surface area (TPSA) is 56.5 Å². The molecule has 0 aliphatic carbocycles. The first-order valence-electron chi connectivity index (χ1n) is 5.72. The van der Waals surface area contributed by atoms with E-state index in [1.165, 1.54) is 0 Å². The SMILES string of the molecule is COc1ccc(C#N)c(N2CCC(CO)C2)c1. The molecule has 1 aliphatic heterocycles. The minimum atomic E-state index is 0.211. The van der Waals surface area contributed by atoms with Gasteiger partial charge in [-0.1, -0.05) is 0 Å². The van der Waals surface area contributed by atoms with Crippen LogP contribution in [0, 0.1) is 17.2 Å². The Balaban J connectivity index is 2.28. The summed E-state index contributed by atoms with van der Waals surface area (Å²) < 4.78 is 5.18. The molecule has 1 unspecified atom stereocenters. The van der Waals surface area contributed by atoms with E-state index in [0.717, 1.165) is 30.9 Å². The van der Waals surface area contributed by atoms with Crippen molar-refractivity contribution in [2.45, 2.75) is 6.42 Å². The van der Waals surface area contributed by atoms with Crippen LogP contribution in [0.5, 0.6) is 5.75 Å². The number of methoxy groups -OCH3 is 1. The summed E-state index contributed by atoms with van der Waals surface area (Å²) in [6.07, 6.45) is 0.971. The molecule has 0 aromatic heterocycles. The van der Waals surface area contributed by atoms with E-state index < -0.39 is 0 Å². The summed E-state index contributed by atoms with van der Waals surface area (Å²) in [5.41, 5.74) is 1.56. The number of benzene rings is 1. The summed E-state index contributed by atoms with van der Waals surface area (Å²) in [6, 6.07) is 7.66. The van der Waals surface area contributed by atoms with Crippen LogP contribution in [-0.4, -0.2) is 31.9 Å². The summed E-state index contributed by atoms with van der Waals surface area (Å²) >= 11 is 0. The molecule has 0 amide bonds. The van der Waals surface area contributed by atoms with Crippen LogP contribution in [0.2, 0.25) is 0 Å². The lowest BCUT2D eigenvalue weighted by atomic mass is 10.1. The van der Waals surface area contributed by atoms with Crippen LogP contribution in [0.4, 0.5) is 5.69 Å². The molecule has 1 saturated heterocycles. The average Bonchev–Trinajstić information content (AvgIpc) is 2.86. The van der Waals surface area contributed by atoms with Gasteiger partial charge in [-0.3, -0.25) is 0 Å². The van der Waals surface area contributed by atoms with Crippen molar-refractivity contribution in [3.8, 4) is 11.8 Å². The zero-order valence-corrected chi connectivity index (χ0v) is 9.89. The number of ether oxygens (including phenoxy) is 1. The fourth-order valence-electron chi connectivity index (χ4n) is 2.20. The molecular weight excluding hydrogens is 216 g/mol. The molecule has 0 radical (unpaired) electrons. The Hall–Kier alpha value is -1.73. The molecule has 1 aliphatic rings. The maximum absolute atomic E-state index is 9.14. The van der Waals surface area contributed by atoms with E-state index in [0.29, 0.717) is 11.5 Å². The van der Waals surface area contributed by atoms with E-state index >= 15 is 0 Å². The van der Waals surface area contributed by atoms with E-state index in [-0.39, 0.29) is 6.61 Å². The second kappa shape index (κ2) is 5.07. The van der Waals surface area contributed by atoms with Gasteiger partial charge in [0.05, 0.1) is 18.4 Å². The van der Waals surface area contributed by atoms with Crippen molar-refractivity contribution in [3.63, 3.8) is 0 Å². The number of hydrogen-bond donors (Lipinski definition) is 1. The fraction of sp³-hybridized carbons (Fsp3) is 0.462. The molecule has 17 heavy (non-hydrogen) atoms. The standard InChI is InChI=1S/C13H16N2O2/c1-17-12-3-2-11(7-14)13(6-12)15-5-4-10(8-15)9-16/h2-3,6,10,16H,4-5,8-9H2,1H3. The van der Waals surface area contributed by atoms with Crippen molar-refractivity contribution in [1.82, 2.24) is 0 Å². The monoisotopic (exact) mass is 232 g/mol. The van der Waals surface area contributed by atoms with Crippen LogP contribution >= 0.6 is 0 Å². The average molecular weight is 232 g/mol. The van der Waals surface area contributed by atoms with Crippen LogP contribution in [0.3, 0.4) is 0 Å². The molecule has 1 aromatic rings. The zero-order valence-electron chi connectivity index (χ0n) is 9.89. The molecule has 1 aromatic carbocycles. The molecule has 1 fully saturated rings. The Morgan fingerprint density at radius 1 is 1.59 bits per heavy atom. The Kier molecular flexibility index (Phi) is 3.50. The second-order valence-corrected chi connectivity index (χ2v) is 4.28. The third-order valence-corrected chi connectivity index (χ3v) is 3.21. The largest absolute Gasteiger partial charge is 0.497 e. The molecule has 1 heterocycles. The van der Waals surface area contributed by atoms with Gasteiger partial charge >= 0.3 is 0 Å². The van der Waals surface area contributed by atoms with E-state index in [9.17, 15) is 0 Å². The highest BCUT2D eigenvalue weighted by atomic mass is 16.5. The van der Waals surface area contributed by atoms with Crippen LogP contribution in [-0.2, 0) is 0 Å². The van der Waals surface area contributed by atoms with Gasteiger partial charge in [0.25, 0.3) is 0 Å². The summed E-state index contributed by atoms with van der Waals surface area (Å²) in [5.74, 6) is 1.07. The van der Waals surface area contributed by atoms with Gasteiger partial charge in [-0.25, -0.2) is 0 Å². The minimum Gasteiger partial charge on any atom is -0.497 e. The summed E-state index contributed by atoms with van der Waals surface area (Å²) in [4.78, 5) is 2.14. The number of aliphatic hydroxyl groups excluding tert-OH is 1. The quantitative estimate of drug-likeness (QED) is 0.855. The van der Waals surface area contributed by atoms with Crippen LogP contribution in [0.15, 0.2) is 18.2 Å². The molecule has 4 heteroatoms. The molecule has 1 N–H and O–H groups in total. The van der Waals surface area contributed by atoms with Gasteiger partial charge in [0.1, 0.15) is 11.8 Å². The number of aliphatic hydroxyl groups is 1. The first-order valence-corrected chi connectivity index (χ1v) is 5.72. The molecule has 1 atom stereocenters. The predicted octanol–water partition coefficient (Wildman–Crippen LogP) is 1.39. The third kappa shape index (κ3) is 2.34. The van der Waals surface area contributed by atoms with E-state index in [4.69, 9.17) is 15.1 Å². The van der Waals surface area contributed by atoms with Crippen molar-refractivity contribution in [2.24, 2.45) is 5.92 Å². The highest BCUT2D eigenvalue weighted by molar-refractivity contribution is 5.62. The minimum absolute atomic E-state index is 0.211. The molecule has 0 saturated carbocycles. The number of nitriles is 1. The van der Waals surface area contributed by atoms with Gasteiger partial charge in [-0.15, -0.1) is 0 Å². The maximum atomic E-state index is 9.14. The van der Waals surface area contributed by atoms with Crippen LogP contribution < -0.4 is 9.64 Å². The highest BCUT2D eigenvalue weighted by Crippen LogP contribution is 2.30. The Bertz CT molecular complexity index is 440. The second-order valence-electron chi connectivity index (χ2n) is 4.28. The molecule has 4 nitrogen and oxygen atoms in total. The lowest BCUT2D eigenvalue weighted by Gasteiger charge is -2.20. The van der Waals surface area contributed by atoms with Crippen molar-refractivity contribution in [2.75, 3.05) is 31.7 Å². The number of anilines is 1. The van der Waals surface area contributed by atoms with Crippen molar-refractivity contribution >= 4 is 5.69 Å². The van der Waals surface area contributed by atoms with Gasteiger partial charge in [0.15, 0.2) is 0 Å². The Morgan fingerprint density at radius 3 is 3.00 bits per heavy atom. The third-order valence-electron chi connectivity index (χ3n) is 3.21. The van der Waals surface area contributed by atoms with E-state index in [1.54, 1.807) is 19.2 Å². The van der Waals surface area contributed by atoms with E-state index in [2.05, 4.69) is 11.0 Å². The molecule has 2 rings (SSSR count). The zero-order chi connectivity index (χ0) is 12.3. The first kappa shape index (κ1) is 11.7. The predicted molar refractivity (Wildman–Crippen MR) is 65.1 cm³/mol. The first-order chi connectivity index (χ1) is 8.28. The van der Waals surface area contributed by atoms with Gasteiger partial charge in [0.2, 0.25) is 0 Å². The Labute approximate surface area is 101 Å². The molecule has 0 bridgehead atoms. The fourth-order valence-corrected chi connectivity index (χ4v) is 2.20. The van der Waals surface area contributed by atoms with Crippen molar-refractivity contribution in [3.05, 3.63) is 23.8 Å². The number of nitrogens with zero attached hydrogens (tertiary/aromatic N) is 2. The highest BCUT2D eigenvalue weighted by Gasteiger charge is 2.23. The van der Waals surface area contributed by atoms with Gasteiger partial charge in [0, 0.05) is 31.7 Å². The summed E-state index contributed by atoms with van der Waals surface area (Å²) in [6.45, 7) is 1.90. The summed E-state index contributed by atoms with van der Waals surface area (Å²) in [7, 11) is 1.62. The van der Waals surface area contributed by atoms with Crippen molar-refractivity contribution in [1.29, 1.82) is 5.26 Å². The molecule has 0 spiro atoms.